The van der Waals surface area contributed by atoms with E-state index in [1.807, 2.05) is 12.1 Å². The Morgan fingerprint density at radius 3 is 2.65 bits per heavy atom. The molecule has 4 nitrogen and oxygen atoms in total. The van der Waals surface area contributed by atoms with Crippen LogP contribution in [0.2, 0.25) is 0 Å². The van der Waals surface area contributed by atoms with Crippen molar-refractivity contribution < 1.29 is 9.90 Å². The summed E-state index contributed by atoms with van der Waals surface area (Å²) in [4.78, 5) is 13.1. The third-order valence-corrected chi connectivity index (χ3v) is 3.94. The Morgan fingerprint density at radius 1 is 1.47 bits per heavy atom. The lowest BCUT2D eigenvalue weighted by atomic mass is 10.0. The normalized spacial score (nSPS) is 15.1. The highest BCUT2D eigenvalue weighted by Gasteiger charge is 2.29. The van der Waals surface area contributed by atoms with Crippen molar-refractivity contribution in [2.75, 3.05) is 18.8 Å². The monoisotopic (exact) mass is 248 g/mol. The first-order valence-corrected chi connectivity index (χ1v) is 6.28. The van der Waals surface area contributed by atoms with Gasteiger partial charge < -0.3 is 10.0 Å². The SMILES string of the molecule is N#Cc1ccc(SCC2CN(C(=O)O)C2)cc1. The van der Waals surface area contributed by atoms with Crippen LogP contribution < -0.4 is 0 Å². The lowest BCUT2D eigenvalue weighted by Crippen LogP contribution is -2.50. The van der Waals surface area contributed by atoms with E-state index < -0.39 is 6.09 Å². The zero-order valence-electron chi connectivity index (χ0n) is 9.17. The average Bonchev–Trinajstić information content (AvgIpc) is 2.27. The fraction of sp³-hybridized carbons (Fsp3) is 0.333. The topological polar surface area (TPSA) is 64.3 Å². The van der Waals surface area contributed by atoms with Gasteiger partial charge in [0, 0.05) is 29.7 Å². The van der Waals surface area contributed by atoms with E-state index in [4.69, 9.17) is 10.4 Å². The highest BCUT2D eigenvalue weighted by molar-refractivity contribution is 7.99. The van der Waals surface area contributed by atoms with Crippen LogP contribution in [-0.2, 0) is 0 Å². The van der Waals surface area contributed by atoms with Crippen LogP contribution in [0.3, 0.4) is 0 Å². The Morgan fingerprint density at radius 2 is 2.12 bits per heavy atom. The number of hydrogen-bond donors (Lipinski definition) is 1. The Hall–Kier alpha value is -1.67. The van der Waals surface area contributed by atoms with E-state index in [9.17, 15) is 4.79 Å². The maximum atomic E-state index is 10.6. The molecule has 0 atom stereocenters. The summed E-state index contributed by atoms with van der Waals surface area (Å²) in [5.74, 6) is 1.38. The minimum atomic E-state index is -0.829. The molecule has 1 aliphatic rings. The largest absolute Gasteiger partial charge is 0.465 e. The van der Waals surface area contributed by atoms with Crippen LogP contribution in [0.4, 0.5) is 4.79 Å². The zero-order valence-corrected chi connectivity index (χ0v) is 9.98. The van der Waals surface area contributed by atoms with Crippen LogP contribution in [0, 0.1) is 17.2 Å². The Balaban J connectivity index is 1.76. The van der Waals surface area contributed by atoms with Gasteiger partial charge in [-0.15, -0.1) is 11.8 Å². The Kier molecular flexibility index (Phi) is 3.55. The number of nitrogens with zero attached hydrogens (tertiary/aromatic N) is 2. The summed E-state index contributed by atoms with van der Waals surface area (Å²) in [6.45, 7) is 1.28. The van der Waals surface area contributed by atoms with E-state index in [-0.39, 0.29) is 0 Å². The van der Waals surface area contributed by atoms with E-state index in [0.717, 1.165) is 10.6 Å². The standard InChI is InChI=1S/C12H12N2O2S/c13-5-9-1-3-11(4-2-9)17-8-10-6-14(7-10)12(15)16/h1-4,10H,6-8H2,(H,15,16). The summed E-state index contributed by atoms with van der Waals surface area (Å²) < 4.78 is 0. The molecule has 0 spiro atoms. The Labute approximate surface area is 104 Å². The minimum Gasteiger partial charge on any atom is -0.465 e. The van der Waals surface area contributed by atoms with E-state index in [1.165, 1.54) is 4.90 Å². The maximum absolute atomic E-state index is 10.6. The van der Waals surface area contributed by atoms with Gasteiger partial charge >= 0.3 is 6.09 Å². The van der Waals surface area contributed by atoms with Crippen molar-refractivity contribution in [3.05, 3.63) is 29.8 Å². The molecule has 1 amide bonds. The van der Waals surface area contributed by atoms with Crippen molar-refractivity contribution in [3.63, 3.8) is 0 Å². The third kappa shape index (κ3) is 2.92. The number of carbonyl (C=O) groups is 1. The van der Waals surface area contributed by atoms with E-state index in [1.54, 1.807) is 23.9 Å². The fourth-order valence-electron chi connectivity index (χ4n) is 1.67. The molecule has 1 heterocycles. The van der Waals surface area contributed by atoms with Gasteiger partial charge in [0.2, 0.25) is 0 Å². The average molecular weight is 248 g/mol. The first-order valence-electron chi connectivity index (χ1n) is 5.30. The fourth-order valence-corrected chi connectivity index (χ4v) is 2.64. The molecule has 1 aliphatic heterocycles. The van der Waals surface area contributed by atoms with Gasteiger partial charge in [0.15, 0.2) is 0 Å². The Bertz CT molecular complexity index is 447. The van der Waals surface area contributed by atoms with Crippen LogP contribution in [-0.4, -0.2) is 34.9 Å². The molecule has 1 fully saturated rings. The summed E-state index contributed by atoms with van der Waals surface area (Å²) in [7, 11) is 0. The molecular weight excluding hydrogens is 236 g/mol. The molecule has 17 heavy (non-hydrogen) atoms. The number of thioether (sulfide) groups is 1. The molecule has 0 saturated carbocycles. The number of likely N-dealkylation sites (tertiary alicyclic amines) is 1. The quantitative estimate of drug-likeness (QED) is 0.833. The molecule has 0 aliphatic carbocycles. The molecule has 88 valence electrons. The molecule has 0 radical (unpaired) electrons. The van der Waals surface area contributed by atoms with Crippen molar-refractivity contribution >= 4 is 17.9 Å². The van der Waals surface area contributed by atoms with Crippen LogP contribution in [0.5, 0.6) is 0 Å². The molecule has 0 bridgehead atoms. The number of benzene rings is 1. The molecule has 0 aromatic heterocycles. The molecule has 1 aromatic rings. The van der Waals surface area contributed by atoms with E-state index in [2.05, 4.69) is 6.07 Å². The van der Waals surface area contributed by atoms with Gasteiger partial charge in [0.25, 0.3) is 0 Å². The smallest absolute Gasteiger partial charge is 0.407 e. The first-order chi connectivity index (χ1) is 8.19. The minimum absolute atomic E-state index is 0.451. The molecule has 2 rings (SSSR count). The summed E-state index contributed by atoms with van der Waals surface area (Å²) in [6, 6.07) is 9.53. The van der Waals surface area contributed by atoms with Gasteiger partial charge in [-0.1, -0.05) is 0 Å². The number of amides is 1. The van der Waals surface area contributed by atoms with Gasteiger partial charge in [0.1, 0.15) is 0 Å². The van der Waals surface area contributed by atoms with Crippen molar-refractivity contribution in [2.24, 2.45) is 5.92 Å². The molecule has 1 aromatic carbocycles. The second kappa shape index (κ2) is 5.11. The van der Waals surface area contributed by atoms with E-state index >= 15 is 0 Å². The van der Waals surface area contributed by atoms with Gasteiger partial charge in [-0.3, -0.25) is 0 Å². The predicted octanol–water partition coefficient (Wildman–Crippen LogP) is 2.26. The molecule has 5 heteroatoms. The molecule has 0 unspecified atom stereocenters. The number of rotatable bonds is 3. The summed E-state index contributed by atoms with van der Waals surface area (Å²) >= 11 is 1.71. The first kappa shape index (κ1) is 11.8. The predicted molar refractivity (Wildman–Crippen MR) is 65.0 cm³/mol. The second-order valence-electron chi connectivity index (χ2n) is 4.00. The van der Waals surface area contributed by atoms with Crippen molar-refractivity contribution in [2.45, 2.75) is 4.90 Å². The molecular formula is C12H12N2O2S. The third-order valence-electron chi connectivity index (χ3n) is 2.70. The van der Waals surface area contributed by atoms with E-state index in [0.29, 0.717) is 24.6 Å². The van der Waals surface area contributed by atoms with Crippen molar-refractivity contribution in [3.8, 4) is 6.07 Å². The van der Waals surface area contributed by atoms with Crippen LogP contribution in [0.15, 0.2) is 29.2 Å². The van der Waals surface area contributed by atoms with Gasteiger partial charge in [-0.05, 0) is 24.3 Å². The highest BCUT2D eigenvalue weighted by Crippen LogP contribution is 2.25. The highest BCUT2D eigenvalue weighted by atomic mass is 32.2. The van der Waals surface area contributed by atoms with Crippen molar-refractivity contribution in [1.29, 1.82) is 5.26 Å². The molecule has 1 saturated heterocycles. The number of nitriles is 1. The lowest BCUT2D eigenvalue weighted by Gasteiger charge is -2.36. The molecule has 1 N–H and O–H groups in total. The summed E-state index contributed by atoms with van der Waals surface area (Å²) in [5, 5.41) is 17.3. The van der Waals surface area contributed by atoms with Gasteiger partial charge in [0.05, 0.1) is 11.6 Å². The van der Waals surface area contributed by atoms with Crippen LogP contribution in [0.25, 0.3) is 0 Å². The van der Waals surface area contributed by atoms with Gasteiger partial charge in [-0.2, -0.15) is 5.26 Å². The number of carboxylic acid groups (broad SMARTS) is 1. The zero-order chi connectivity index (χ0) is 12.3. The van der Waals surface area contributed by atoms with Crippen LogP contribution in [0.1, 0.15) is 5.56 Å². The number of hydrogen-bond acceptors (Lipinski definition) is 3. The lowest BCUT2D eigenvalue weighted by molar-refractivity contribution is 0.0901. The second-order valence-corrected chi connectivity index (χ2v) is 5.09. The summed E-state index contributed by atoms with van der Waals surface area (Å²) in [5.41, 5.74) is 0.662. The maximum Gasteiger partial charge on any atom is 0.407 e. The summed E-state index contributed by atoms with van der Waals surface area (Å²) in [6.07, 6.45) is -0.829. The van der Waals surface area contributed by atoms with Crippen molar-refractivity contribution in [1.82, 2.24) is 4.90 Å². The van der Waals surface area contributed by atoms with Crippen LogP contribution >= 0.6 is 11.8 Å². The van der Waals surface area contributed by atoms with Gasteiger partial charge in [-0.25, -0.2) is 4.79 Å².